The Hall–Kier alpha value is -0.460. The monoisotopic (exact) mass is 213 g/mol. The Labute approximate surface area is 75.5 Å². The number of carboxylic acids is 1. The average molecular weight is 213 g/mol. The molecule has 5 N–H and O–H groups in total. The third-order valence-corrected chi connectivity index (χ3v) is 3.46. The molecule has 0 saturated carbocycles. The first-order chi connectivity index (χ1) is 5.44. The molecule has 78 valence electrons. The van der Waals surface area contributed by atoms with Gasteiger partial charge in [0.1, 0.15) is 0 Å². The van der Waals surface area contributed by atoms with Gasteiger partial charge in [0.05, 0.1) is 21.1 Å². The summed E-state index contributed by atoms with van der Waals surface area (Å²) in [6.45, 7) is 0. The summed E-state index contributed by atoms with van der Waals surface area (Å²) in [5, 5.41) is 6.07. The van der Waals surface area contributed by atoms with E-state index in [0.29, 0.717) is 0 Å². The zero-order chi connectivity index (χ0) is 11.1. The Balaban J connectivity index is 5.49. The number of carboxylic acid groups (broad SMARTS) is 1. The number of nitrogens with zero attached hydrogens (tertiary/aromatic N) is 1. The van der Waals surface area contributed by atoms with Gasteiger partial charge in [-0.3, -0.25) is 14.8 Å². The molecule has 0 heterocycles. The van der Waals surface area contributed by atoms with Crippen LogP contribution in [0, 0.1) is 0 Å². The minimum absolute atomic E-state index is 0.563. The van der Waals surface area contributed by atoms with Crippen LogP contribution < -0.4 is 5.73 Å². The number of nitrogens with two attached hydrogens (primary N) is 1. The van der Waals surface area contributed by atoms with Crippen LogP contribution in [0.4, 0.5) is 0 Å². The Morgan fingerprint density at radius 1 is 1.38 bits per heavy atom. The molecule has 0 aromatic rings. The van der Waals surface area contributed by atoms with Crippen molar-refractivity contribution in [3.05, 3.63) is 0 Å². The SMILES string of the molecule is C[N+](C)(C)C(N)(C(=O)O)P(=O)(O)O. The van der Waals surface area contributed by atoms with Crippen molar-refractivity contribution < 1.29 is 28.7 Å². The van der Waals surface area contributed by atoms with Gasteiger partial charge >= 0.3 is 19.0 Å². The molecule has 1 unspecified atom stereocenters. The Morgan fingerprint density at radius 3 is 1.69 bits per heavy atom. The quantitative estimate of drug-likeness (QED) is 0.259. The number of aliphatic carboxylic acids is 1. The Bertz CT molecular complexity index is 267. The van der Waals surface area contributed by atoms with Gasteiger partial charge in [-0.2, -0.15) is 0 Å². The van der Waals surface area contributed by atoms with Crippen molar-refractivity contribution in [1.29, 1.82) is 0 Å². The molecule has 7 nitrogen and oxygen atoms in total. The molecule has 0 aliphatic heterocycles. The number of carbonyl (C=O) groups is 1. The standard InChI is InChI=1S/C5H13N2O5P/c1-7(2,3)5(6,4(8)9)13(10,11)12/h6H2,1-3H3,(H2-,8,9,10,11,12)/p+1. The first kappa shape index (κ1) is 12.5. The molecule has 0 aliphatic carbocycles. The van der Waals surface area contributed by atoms with Crippen molar-refractivity contribution >= 4 is 13.6 Å². The van der Waals surface area contributed by atoms with Crippen LogP contribution in [0.15, 0.2) is 0 Å². The van der Waals surface area contributed by atoms with E-state index in [1.165, 1.54) is 21.1 Å². The van der Waals surface area contributed by atoms with Crippen LogP contribution in [-0.2, 0) is 9.36 Å². The van der Waals surface area contributed by atoms with Crippen LogP contribution in [-0.4, -0.2) is 51.9 Å². The highest BCUT2D eigenvalue weighted by molar-refractivity contribution is 7.54. The smallest absolute Gasteiger partial charge is 0.413 e. The summed E-state index contributed by atoms with van der Waals surface area (Å²) in [7, 11) is -1.02. The van der Waals surface area contributed by atoms with E-state index >= 15 is 0 Å². The van der Waals surface area contributed by atoms with Crippen molar-refractivity contribution in [2.24, 2.45) is 5.73 Å². The highest BCUT2D eigenvalue weighted by Crippen LogP contribution is 2.50. The molecular weight excluding hydrogens is 199 g/mol. The summed E-state index contributed by atoms with van der Waals surface area (Å²) in [6.07, 6.45) is 0. The molecule has 0 radical (unpaired) electrons. The molecule has 1 atom stereocenters. The molecule has 0 aromatic carbocycles. The second-order valence-electron chi connectivity index (χ2n) is 3.59. The summed E-state index contributed by atoms with van der Waals surface area (Å²) in [5.74, 6) is -1.73. The minimum atomic E-state index is -4.91. The van der Waals surface area contributed by atoms with E-state index in [1.54, 1.807) is 0 Å². The van der Waals surface area contributed by atoms with Crippen molar-refractivity contribution in [1.82, 2.24) is 0 Å². The van der Waals surface area contributed by atoms with E-state index in [-0.39, 0.29) is 0 Å². The van der Waals surface area contributed by atoms with Crippen LogP contribution in [0.25, 0.3) is 0 Å². The van der Waals surface area contributed by atoms with Crippen molar-refractivity contribution in [2.75, 3.05) is 21.1 Å². The second-order valence-corrected chi connectivity index (χ2v) is 5.36. The lowest BCUT2D eigenvalue weighted by molar-refractivity contribution is -0.899. The lowest BCUT2D eigenvalue weighted by Crippen LogP contribution is -2.67. The Morgan fingerprint density at radius 2 is 1.69 bits per heavy atom. The highest BCUT2D eigenvalue weighted by atomic mass is 31.2. The Kier molecular flexibility index (Phi) is 2.93. The van der Waals surface area contributed by atoms with Gasteiger partial charge in [-0.25, -0.2) is 4.79 Å². The number of rotatable bonds is 3. The van der Waals surface area contributed by atoms with Crippen molar-refractivity contribution in [2.45, 2.75) is 5.40 Å². The summed E-state index contributed by atoms with van der Waals surface area (Å²) < 4.78 is 10.4. The third-order valence-electron chi connectivity index (χ3n) is 1.78. The zero-order valence-corrected chi connectivity index (χ0v) is 8.52. The summed E-state index contributed by atoms with van der Waals surface area (Å²) in [6, 6.07) is 0. The van der Waals surface area contributed by atoms with E-state index < -0.39 is 23.5 Å². The van der Waals surface area contributed by atoms with Crippen LogP contribution >= 0.6 is 7.60 Å². The van der Waals surface area contributed by atoms with E-state index in [4.69, 9.17) is 20.6 Å². The number of hydrogen-bond donors (Lipinski definition) is 4. The molecule has 0 bridgehead atoms. The molecule has 0 saturated heterocycles. The van der Waals surface area contributed by atoms with Gasteiger partial charge in [0.15, 0.2) is 0 Å². The molecule has 0 rings (SSSR count). The van der Waals surface area contributed by atoms with Crippen LogP contribution in [0.1, 0.15) is 0 Å². The highest BCUT2D eigenvalue weighted by Gasteiger charge is 2.61. The zero-order valence-electron chi connectivity index (χ0n) is 7.63. The molecular formula is C5H14N2O5P+. The molecule has 0 amide bonds. The van der Waals surface area contributed by atoms with Gasteiger partial charge in [-0.05, 0) is 0 Å². The summed E-state index contributed by atoms with van der Waals surface area (Å²) in [4.78, 5) is 28.3. The summed E-state index contributed by atoms with van der Waals surface area (Å²) >= 11 is 0. The van der Waals surface area contributed by atoms with E-state index in [0.717, 1.165) is 0 Å². The third kappa shape index (κ3) is 1.90. The van der Waals surface area contributed by atoms with Crippen LogP contribution in [0.3, 0.4) is 0 Å². The van der Waals surface area contributed by atoms with Gasteiger partial charge in [0, 0.05) is 0 Å². The van der Waals surface area contributed by atoms with Gasteiger partial charge < -0.3 is 14.9 Å². The fourth-order valence-electron chi connectivity index (χ4n) is 0.802. The van der Waals surface area contributed by atoms with Crippen molar-refractivity contribution in [3.63, 3.8) is 0 Å². The van der Waals surface area contributed by atoms with Crippen molar-refractivity contribution in [3.8, 4) is 0 Å². The predicted octanol–water partition coefficient (Wildman–Crippen LogP) is -1.43. The fraction of sp³-hybridized carbons (Fsp3) is 0.800. The molecule has 13 heavy (non-hydrogen) atoms. The van der Waals surface area contributed by atoms with Crippen LogP contribution in [0.5, 0.6) is 0 Å². The second kappa shape index (κ2) is 3.04. The van der Waals surface area contributed by atoms with E-state index in [2.05, 4.69) is 0 Å². The average Bonchev–Trinajstić information content (AvgIpc) is 1.80. The number of quaternary nitrogens is 1. The molecule has 0 fully saturated rings. The molecule has 8 heteroatoms. The normalized spacial score (nSPS) is 18.0. The number of hydrogen-bond acceptors (Lipinski definition) is 3. The van der Waals surface area contributed by atoms with Gasteiger partial charge in [0.25, 0.3) is 0 Å². The molecule has 0 spiro atoms. The molecule has 0 aliphatic rings. The first-order valence-electron chi connectivity index (χ1n) is 3.34. The van der Waals surface area contributed by atoms with Gasteiger partial charge in [-0.15, -0.1) is 0 Å². The fourth-order valence-corrected chi connectivity index (χ4v) is 1.83. The van der Waals surface area contributed by atoms with Gasteiger partial charge in [0.2, 0.25) is 0 Å². The predicted molar refractivity (Wildman–Crippen MR) is 44.6 cm³/mol. The number of likely N-dealkylation sites (N-methyl/N-ethyl adjacent to an activating group) is 1. The summed E-state index contributed by atoms with van der Waals surface area (Å²) in [5.41, 5.74) is 5.20. The largest absolute Gasteiger partial charge is 0.475 e. The minimum Gasteiger partial charge on any atom is -0.475 e. The maximum Gasteiger partial charge on any atom is 0.413 e. The van der Waals surface area contributed by atoms with Crippen LogP contribution in [0.2, 0.25) is 0 Å². The first-order valence-corrected chi connectivity index (χ1v) is 4.95. The van der Waals surface area contributed by atoms with Gasteiger partial charge in [-0.1, -0.05) is 0 Å². The lowest BCUT2D eigenvalue weighted by atomic mass is 10.4. The maximum absolute atomic E-state index is 10.9. The van der Waals surface area contributed by atoms with E-state index in [9.17, 15) is 9.36 Å². The lowest BCUT2D eigenvalue weighted by Gasteiger charge is -2.39. The maximum atomic E-state index is 10.9. The van der Waals surface area contributed by atoms with E-state index in [1.807, 2.05) is 0 Å². The molecule has 0 aromatic heterocycles. The topological polar surface area (TPSA) is 121 Å².